The zero-order valence-electron chi connectivity index (χ0n) is 20.6. The standard InChI is InChI=1S/C27H26N8O2/c1-16-9-17(3-8-24(16)37-20-6-7-23-21(10-20)31-15-34(23)2)32-26-25-22(29-14-30-26)11-28-27(33-25)35-18-4-5-19(35)13-36-12-18/h3,6-11,14-15,18-19H,4-5,12-13H2,1-2H3,(H,29,30,32). The molecule has 2 saturated heterocycles. The smallest absolute Gasteiger partial charge is 0.226 e. The molecule has 3 aromatic heterocycles. The molecule has 2 aliphatic rings. The molecule has 2 aliphatic heterocycles. The monoisotopic (exact) mass is 494 g/mol. The molecule has 2 fully saturated rings. The Kier molecular flexibility index (Phi) is 5.14. The Labute approximate surface area is 213 Å². The van der Waals surface area contributed by atoms with Crippen LogP contribution in [0.25, 0.3) is 22.1 Å². The zero-order chi connectivity index (χ0) is 24.9. The van der Waals surface area contributed by atoms with Gasteiger partial charge in [0.15, 0.2) is 5.82 Å². The summed E-state index contributed by atoms with van der Waals surface area (Å²) in [5.74, 6) is 2.88. The van der Waals surface area contributed by atoms with Gasteiger partial charge in [0.1, 0.15) is 28.9 Å². The van der Waals surface area contributed by atoms with Gasteiger partial charge in [0.25, 0.3) is 0 Å². The number of nitrogens with one attached hydrogen (secondary N) is 1. The first-order valence-corrected chi connectivity index (χ1v) is 12.4. The lowest BCUT2D eigenvalue weighted by atomic mass is 10.2. The highest BCUT2D eigenvalue weighted by Gasteiger charge is 2.39. The fraction of sp³-hybridized carbons (Fsp3) is 0.296. The van der Waals surface area contributed by atoms with Crippen molar-refractivity contribution in [1.29, 1.82) is 0 Å². The molecule has 5 heterocycles. The molecule has 7 rings (SSSR count). The summed E-state index contributed by atoms with van der Waals surface area (Å²) < 4.78 is 13.9. The maximum absolute atomic E-state index is 6.17. The molecule has 2 aromatic carbocycles. The highest BCUT2D eigenvalue weighted by molar-refractivity contribution is 5.87. The highest BCUT2D eigenvalue weighted by atomic mass is 16.5. The molecule has 2 unspecified atom stereocenters. The molecule has 2 atom stereocenters. The molecule has 186 valence electrons. The van der Waals surface area contributed by atoms with E-state index in [4.69, 9.17) is 14.5 Å². The number of aromatic nitrogens is 6. The van der Waals surface area contributed by atoms with E-state index in [0.717, 1.165) is 59.8 Å². The van der Waals surface area contributed by atoms with Gasteiger partial charge in [-0.15, -0.1) is 0 Å². The van der Waals surface area contributed by atoms with Gasteiger partial charge < -0.3 is 24.3 Å². The van der Waals surface area contributed by atoms with E-state index in [1.165, 1.54) is 6.33 Å². The summed E-state index contributed by atoms with van der Waals surface area (Å²) in [7, 11) is 1.98. The predicted molar refractivity (Wildman–Crippen MR) is 140 cm³/mol. The van der Waals surface area contributed by atoms with Crippen molar-refractivity contribution >= 4 is 39.5 Å². The lowest BCUT2D eigenvalue weighted by molar-refractivity contribution is 0.0898. The predicted octanol–water partition coefficient (Wildman–Crippen LogP) is 4.52. The largest absolute Gasteiger partial charge is 0.457 e. The molecule has 0 radical (unpaired) electrons. The molecule has 10 heteroatoms. The molecular weight excluding hydrogens is 468 g/mol. The van der Waals surface area contributed by atoms with Gasteiger partial charge >= 0.3 is 0 Å². The summed E-state index contributed by atoms with van der Waals surface area (Å²) in [5.41, 5.74) is 5.23. The summed E-state index contributed by atoms with van der Waals surface area (Å²) >= 11 is 0. The van der Waals surface area contributed by atoms with Crippen LogP contribution >= 0.6 is 0 Å². The van der Waals surface area contributed by atoms with Crippen LogP contribution in [0.4, 0.5) is 17.5 Å². The van der Waals surface area contributed by atoms with Crippen LogP contribution < -0.4 is 15.0 Å². The zero-order valence-corrected chi connectivity index (χ0v) is 20.6. The Morgan fingerprint density at radius 1 is 0.973 bits per heavy atom. The molecule has 2 bridgehead atoms. The van der Waals surface area contributed by atoms with E-state index in [9.17, 15) is 0 Å². The first kappa shape index (κ1) is 21.9. The van der Waals surface area contributed by atoms with Crippen LogP contribution in [0, 0.1) is 6.92 Å². The number of fused-ring (bicyclic) bond motifs is 4. The SMILES string of the molecule is Cc1cc(Nc2ncnc3cnc(N4C5CCC4COC5)nc23)ccc1Oc1ccc2c(c1)ncn2C. The third-order valence-electron chi connectivity index (χ3n) is 7.20. The van der Waals surface area contributed by atoms with Crippen molar-refractivity contribution in [3.63, 3.8) is 0 Å². The van der Waals surface area contributed by atoms with Crippen LogP contribution in [0.3, 0.4) is 0 Å². The Balaban J connectivity index is 1.15. The number of rotatable bonds is 5. The van der Waals surface area contributed by atoms with E-state index >= 15 is 0 Å². The number of nitrogens with zero attached hydrogens (tertiary/aromatic N) is 7. The average molecular weight is 495 g/mol. The summed E-state index contributed by atoms with van der Waals surface area (Å²) in [6.45, 7) is 3.46. The number of aryl methyl sites for hydroxylation is 2. The second kappa shape index (κ2) is 8.67. The van der Waals surface area contributed by atoms with Crippen LogP contribution in [0.1, 0.15) is 18.4 Å². The maximum Gasteiger partial charge on any atom is 0.226 e. The molecule has 1 N–H and O–H groups in total. The molecule has 10 nitrogen and oxygen atoms in total. The minimum atomic E-state index is 0.325. The van der Waals surface area contributed by atoms with E-state index in [1.54, 1.807) is 12.5 Å². The van der Waals surface area contributed by atoms with Crippen molar-refractivity contribution < 1.29 is 9.47 Å². The van der Waals surface area contributed by atoms with Crippen molar-refractivity contribution in [2.45, 2.75) is 31.8 Å². The number of imidazole rings is 1. The van der Waals surface area contributed by atoms with Gasteiger partial charge in [-0.3, -0.25) is 0 Å². The van der Waals surface area contributed by atoms with Gasteiger partial charge in [-0.05, 0) is 55.7 Å². The van der Waals surface area contributed by atoms with Gasteiger partial charge in [0.05, 0.1) is 48.9 Å². The van der Waals surface area contributed by atoms with Gasteiger partial charge in [0.2, 0.25) is 5.95 Å². The normalized spacial score (nSPS) is 19.0. The lowest BCUT2D eigenvalue weighted by Gasteiger charge is -2.34. The average Bonchev–Trinajstić information content (AvgIpc) is 3.40. The van der Waals surface area contributed by atoms with Crippen molar-refractivity contribution in [2.75, 3.05) is 23.4 Å². The van der Waals surface area contributed by atoms with Crippen molar-refractivity contribution in [2.24, 2.45) is 7.05 Å². The second-order valence-electron chi connectivity index (χ2n) is 9.67. The number of hydrogen-bond donors (Lipinski definition) is 1. The Bertz CT molecular complexity index is 1620. The van der Waals surface area contributed by atoms with Crippen LogP contribution in [0.2, 0.25) is 0 Å². The number of benzene rings is 2. The molecule has 0 aliphatic carbocycles. The summed E-state index contributed by atoms with van der Waals surface area (Å²) in [6.07, 6.45) is 7.32. The van der Waals surface area contributed by atoms with Crippen LogP contribution in [-0.4, -0.2) is 54.8 Å². The lowest BCUT2D eigenvalue weighted by Crippen LogP contribution is -2.46. The number of anilines is 3. The van der Waals surface area contributed by atoms with Crippen molar-refractivity contribution in [3.8, 4) is 11.5 Å². The van der Waals surface area contributed by atoms with Crippen molar-refractivity contribution in [3.05, 3.63) is 60.8 Å². The Morgan fingerprint density at radius 3 is 2.68 bits per heavy atom. The number of hydrogen-bond acceptors (Lipinski definition) is 9. The summed E-state index contributed by atoms with van der Waals surface area (Å²) in [6, 6.07) is 12.5. The quantitative estimate of drug-likeness (QED) is 0.378. The van der Waals surface area contributed by atoms with Gasteiger partial charge in [-0.2, -0.15) is 0 Å². The van der Waals surface area contributed by atoms with Gasteiger partial charge in [-0.1, -0.05) is 0 Å². The van der Waals surface area contributed by atoms with E-state index in [2.05, 4.69) is 30.2 Å². The minimum Gasteiger partial charge on any atom is -0.457 e. The van der Waals surface area contributed by atoms with Crippen LogP contribution in [0.5, 0.6) is 11.5 Å². The molecule has 0 amide bonds. The van der Waals surface area contributed by atoms with E-state index in [0.29, 0.717) is 34.9 Å². The third kappa shape index (κ3) is 3.89. The van der Waals surface area contributed by atoms with Gasteiger partial charge in [-0.25, -0.2) is 24.9 Å². The maximum atomic E-state index is 6.17. The Morgan fingerprint density at radius 2 is 1.84 bits per heavy atom. The first-order chi connectivity index (χ1) is 18.1. The molecule has 37 heavy (non-hydrogen) atoms. The molecule has 0 saturated carbocycles. The number of ether oxygens (including phenoxy) is 2. The van der Waals surface area contributed by atoms with E-state index in [1.807, 2.05) is 54.9 Å². The fourth-order valence-electron chi connectivity index (χ4n) is 5.30. The first-order valence-electron chi connectivity index (χ1n) is 12.4. The molecular formula is C27H26N8O2. The van der Waals surface area contributed by atoms with Crippen LogP contribution in [0.15, 0.2) is 55.2 Å². The highest BCUT2D eigenvalue weighted by Crippen LogP contribution is 2.34. The summed E-state index contributed by atoms with van der Waals surface area (Å²) in [5, 5.41) is 3.42. The summed E-state index contributed by atoms with van der Waals surface area (Å²) in [4.78, 5) is 25.1. The van der Waals surface area contributed by atoms with E-state index in [-0.39, 0.29) is 0 Å². The van der Waals surface area contributed by atoms with E-state index < -0.39 is 0 Å². The third-order valence-corrected chi connectivity index (χ3v) is 7.20. The second-order valence-corrected chi connectivity index (χ2v) is 9.67. The topological polar surface area (TPSA) is 103 Å². The minimum absolute atomic E-state index is 0.325. The number of morpholine rings is 1. The van der Waals surface area contributed by atoms with Crippen molar-refractivity contribution in [1.82, 2.24) is 29.5 Å². The fourth-order valence-corrected chi connectivity index (χ4v) is 5.30. The Hall–Kier alpha value is -4.31. The van der Waals surface area contributed by atoms with Gasteiger partial charge in [0, 0.05) is 18.8 Å². The molecule has 5 aromatic rings. The van der Waals surface area contributed by atoms with Crippen LogP contribution in [-0.2, 0) is 11.8 Å². The molecule has 0 spiro atoms.